The minimum Gasteiger partial charge on any atom is -0.481 e. The van der Waals surface area contributed by atoms with Gasteiger partial charge in [0.2, 0.25) is 0 Å². The molecule has 1 aliphatic rings. The molecule has 5 nitrogen and oxygen atoms in total. The average Bonchev–Trinajstić information content (AvgIpc) is 2.47. The lowest BCUT2D eigenvalue weighted by Gasteiger charge is -2.30. The maximum atomic E-state index is 12.1. The molecule has 1 aromatic carbocycles. The Morgan fingerprint density at radius 2 is 1.86 bits per heavy atom. The number of nitrogens with zero attached hydrogens (tertiary/aromatic N) is 1. The van der Waals surface area contributed by atoms with Crippen LogP contribution in [0.3, 0.4) is 0 Å². The number of carboxylic acid groups (broad SMARTS) is 1. The van der Waals surface area contributed by atoms with Crippen LogP contribution >= 0.6 is 0 Å². The van der Waals surface area contributed by atoms with E-state index in [1.165, 1.54) is 0 Å². The van der Waals surface area contributed by atoms with Crippen LogP contribution in [0.2, 0.25) is 0 Å². The number of hydrogen-bond donors (Lipinski definition) is 2. The molecule has 2 rings (SSSR count). The highest BCUT2D eigenvalue weighted by Gasteiger charge is 2.20. The first-order valence-corrected chi connectivity index (χ1v) is 7.41. The van der Waals surface area contributed by atoms with Gasteiger partial charge in [0.25, 0.3) is 0 Å². The van der Waals surface area contributed by atoms with Crippen LogP contribution < -0.4 is 5.32 Å². The van der Waals surface area contributed by atoms with E-state index >= 15 is 0 Å². The zero-order valence-corrected chi connectivity index (χ0v) is 12.3. The van der Waals surface area contributed by atoms with Crippen LogP contribution in [-0.2, 0) is 11.2 Å². The summed E-state index contributed by atoms with van der Waals surface area (Å²) in [6, 6.07) is 7.30. The van der Waals surface area contributed by atoms with Gasteiger partial charge in [-0.15, -0.1) is 0 Å². The summed E-state index contributed by atoms with van der Waals surface area (Å²) in [5.41, 5.74) is 1.71. The lowest BCUT2D eigenvalue weighted by molar-refractivity contribution is -0.136. The van der Waals surface area contributed by atoms with Gasteiger partial charge in [-0.1, -0.05) is 19.1 Å². The largest absolute Gasteiger partial charge is 0.481 e. The topological polar surface area (TPSA) is 69.6 Å². The minimum atomic E-state index is -0.799. The molecule has 21 heavy (non-hydrogen) atoms. The van der Waals surface area contributed by atoms with Crippen LogP contribution in [0.4, 0.5) is 10.5 Å². The normalized spacial score (nSPS) is 15.8. The second-order valence-corrected chi connectivity index (χ2v) is 5.69. The maximum absolute atomic E-state index is 12.1. The van der Waals surface area contributed by atoms with Gasteiger partial charge in [-0.05, 0) is 42.9 Å². The molecule has 1 aromatic rings. The molecule has 0 bridgehead atoms. The monoisotopic (exact) mass is 290 g/mol. The van der Waals surface area contributed by atoms with Crippen molar-refractivity contribution < 1.29 is 14.7 Å². The Morgan fingerprint density at radius 1 is 1.24 bits per heavy atom. The Kier molecular flexibility index (Phi) is 5.20. The number of benzene rings is 1. The van der Waals surface area contributed by atoms with Gasteiger partial charge in [-0.25, -0.2) is 4.79 Å². The van der Waals surface area contributed by atoms with Gasteiger partial charge in [0, 0.05) is 25.2 Å². The molecule has 1 fully saturated rings. The first kappa shape index (κ1) is 15.4. The van der Waals surface area contributed by atoms with Gasteiger partial charge in [0.1, 0.15) is 0 Å². The predicted octanol–water partition coefficient (Wildman–Crippen LogP) is 2.97. The van der Waals surface area contributed by atoms with Crippen LogP contribution in [0.1, 0.15) is 31.7 Å². The Hall–Kier alpha value is -2.04. The third-order valence-electron chi connectivity index (χ3n) is 3.90. The third-order valence-corrected chi connectivity index (χ3v) is 3.90. The molecule has 5 heteroatoms. The molecule has 1 aliphatic heterocycles. The Labute approximate surface area is 125 Å². The van der Waals surface area contributed by atoms with Crippen molar-refractivity contribution in [2.45, 2.75) is 32.6 Å². The number of urea groups is 1. The molecule has 114 valence electrons. The summed E-state index contributed by atoms with van der Waals surface area (Å²) >= 11 is 0. The molecule has 1 heterocycles. The highest BCUT2D eigenvalue weighted by Crippen LogP contribution is 2.17. The Balaban J connectivity index is 1.85. The summed E-state index contributed by atoms with van der Waals surface area (Å²) in [4.78, 5) is 24.5. The lowest BCUT2D eigenvalue weighted by Crippen LogP contribution is -2.40. The fraction of sp³-hybridized carbons (Fsp3) is 0.500. The van der Waals surface area contributed by atoms with Crippen molar-refractivity contribution in [2.75, 3.05) is 18.4 Å². The highest BCUT2D eigenvalue weighted by atomic mass is 16.4. The zero-order chi connectivity index (χ0) is 15.2. The van der Waals surface area contributed by atoms with Crippen LogP contribution in [0.5, 0.6) is 0 Å². The van der Waals surface area contributed by atoms with E-state index in [0.29, 0.717) is 12.3 Å². The molecular weight excluding hydrogens is 268 g/mol. The van der Waals surface area contributed by atoms with E-state index < -0.39 is 5.97 Å². The molecule has 0 saturated carbocycles. The number of carboxylic acids is 1. The van der Waals surface area contributed by atoms with Crippen LogP contribution in [0.25, 0.3) is 0 Å². The molecule has 2 amide bonds. The standard InChI is InChI=1S/C16H22N2O3/c1-12-8-10-18(11-9-12)16(21)17-14-5-2-13(3-6-14)4-7-15(19)20/h2-3,5-6,12H,4,7-11H2,1H3,(H,17,21)(H,19,20). The number of aryl methyl sites for hydroxylation is 1. The lowest BCUT2D eigenvalue weighted by atomic mass is 10.00. The number of aliphatic carboxylic acids is 1. The van der Waals surface area contributed by atoms with Gasteiger partial charge in [-0.2, -0.15) is 0 Å². The van der Waals surface area contributed by atoms with E-state index in [1.807, 2.05) is 29.2 Å². The SMILES string of the molecule is CC1CCN(C(=O)Nc2ccc(CCC(=O)O)cc2)CC1. The second kappa shape index (κ2) is 7.11. The van der Waals surface area contributed by atoms with E-state index in [-0.39, 0.29) is 12.5 Å². The number of carbonyl (C=O) groups excluding carboxylic acids is 1. The summed E-state index contributed by atoms with van der Waals surface area (Å²) < 4.78 is 0. The molecule has 0 atom stereocenters. The van der Waals surface area contributed by atoms with Crippen LogP contribution in [-0.4, -0.2) is 35.1 Å². The molecule has 0 spiro atoms. The van der Waals surface area contributed by atoms with Crippen molar-refractivity contribution in [3.05, 3.63) is 29.8 Å². The van der Waals surface area contributed by atoms with Crippen LogP contribution in [0, 0.1) is 5.92 Å². The summed E-state index contributed by atoms with van der Waals surface area (Å²) in [6.45, 7) is 3.83. The van der Waals surface area contributed by atoms with Gasteiger partial charge >= 0.3 is 12.0 Å². The molecule has 0 radical (unpaired) electrons. The number of anilines is 1. The summed E-state index contributed by atoms with van der Waals surface area (Å²) in [6.07, 6.45) is 2.74. The van der Waals surface area contributed by atoms with E-state index in [1.54, 1.807) is 0 Å². The van der Waals surface area contributed by atoms with Crippen molar-refractivity contribution in [1.82, 2.24) is 4.90 Å². The number of rotatable bonds is 4. The smallest absolute Gasteiger partial charge is 0.321 e. The fourth-order valence-electron chi connectivity index (χ4n) is 2.42. The summed E-state index contributed by atoms with van der Waals surface area (Å²) in [7, 11) is 0. The number of nitrogens with one attached hydrogen (secondary N) is 1. The summed E-state index contributed by atoms with van der Waals surface area (Å²) in [5, 5.41) is 11.5. The molecule has 2 N–H and O–H groups in total. The summed E-state index contributed by atoms with van der Waals surface area (Å²) in [5.74, 6) is -0.103. The van der Waals surface area contributed by atoms with E-state index in [4.69, 9.17) is 5.11 Å². The predicted molar refractivity (Wildman–Crippen MR) is 81.4 cm³/mol. The molecule has 0 aromatic heterocycles. The number of amides is 2. The fourth-order valence-corrected chi connectivity index (χ4v) is 2.42. The Morgan fingerprint density at radius 3 is 2.43 bits per heavy atom. The molecular formula is C16H22N2O3. The number of hydrogen-bond acceptors (Lipinski definition) is 2. The number of carbonyl (C=O) groups is 2. The van der Waals surface area contributed by atoms with Gasteiger partial charge in [0.15, 0.2) is 0 Å². The van der Waals surface area contributed by atoms with Gasteiger partial charge in [-0.3, -0.25) is 4.79 Å². The molecule has 1 saturated heterocycles. The molecule has 0 aliphatic carbocycles. The molecule has 0 unspecified atom stereocenters. The minimum absolute atomic E-state index is 0.0554. The van der Waals surface area contributed by atoms with Crippen LogP contribution in [0.15, 0.2) is 24.3 Å². The van der Waals surface area contributed by atoms with Crippen molar-refractivity contribution in [3.63, 3.8) is 0 Å². The third kappa shape index (κ3) is 4.77. The van der Waals surface area contributed by atoms with Gasteiger partial charge in [0.05, 0.1) is 0 Å². The first-order valence-electron chi connectivity index (χ1n) is 7.41. The highest BCUT2D eigenvalue weighted by molar-refractivity contribution is 5.89. The van der Waals surface area contributed by atoms with Crippen molar-refractivity contribution in [2.24, 2.45) is 5.92 Å². The van der Waals surface area contributed by atoms with Crippen molar-refractivity contribution in [1.29, 1.82) is 0 Å². The number of likely N-dealkylation sites (tertiary alicyclic amines) is 1. The zero-order valence-electron chi connectivity index (χ0n) is 12.3. The number of piperidine rings is 1. The Bertz CT molecular complexity index is 491. The van der Waals surface area contributed by atoms with Crippen molar-refractivity contribution in [3.8, 4) is 0 Å². The van der Waals surface area contributed by atoms with E-state index in [2.05, 4.69) is 12.2 Å². The maximum Gasteiger partial charge on any atom is 0.321 e. The quantitative estimate of drug-likeness (QED) is 0.895. The second-order valence-electron chi connectivity index (χ2n) is 5.69. The van der Waals surface area contributed by atoms with E-state index in [9.17, 15) is 9.59 Å². The van der Waals surface area contributed by atoms with Gasteiger partial charge < -0.3 is 15.3 Å². The first-order chi connectivity index (χ1) is 10.0. The van der Waals surface area contributed by atoms with E-state index in [0.717, 1.165) is 37.2 Å². The average molecular weight is 290 g/mol. The van der Waals surface area contributed by atoms with Crippen molar-refractivity contribution >= 4 is 17.7 Å².